The zero-order chi connectivity index (χ0) is 19.1. The van der Waals surface area contributed by atoms with E-state index in [0.717, 1.165) is 12.1 Å². The summed E-state index contributed by atoms with van der Waals surface area (Å²) in [7, 11) is 0. The van der Waals surface area contributed by atoms with E-state index in [1.807, 2.05) is 13.8 Å². The number of hydrogen-bond donors (Lipinski definition) is 0. The van der Waals surface area contributed by atoms with Crippen LogP contribution in [0.5, 0.6) is 0 Å². The summed E-state index contributed by atoms with van der Waals surface area (Å²) in [6.07, 6.45) is -2.53. The van der Waals surface area contributed by atoms with Crippen LogP contribution in [-0.2, 0) is 15.8 Å². The zero-order valence-corrected chi connectivity index (χ0v) is 14.3. The van der Waals surface area contributed by atoms with Gasteiger partial charge in [0.15, 0.2) is 11.6 Å². The predicted octanol–water partition coefficient (Wildman–Crippen LogP) is 5.31. The number of rotatable bonds is 2. The molecule has 1 heterocycles. The van der Waals surface area contributed by atoms with Crippen LogP contribution in [0.2, 0.25) is 0 Å². The molecule has 0 saturated heterocycles. The van der Waals surface area contributed by atoms with Crippen molar-refractivity contribution >= 4 is 17.6 Å². The molecule has 2 aromatic rings. The first-order valence-corrected chi connectivity index (χ1v) is 8.11. The third-order valence-corrected chi connectivity index (χ3v) is 4.27. The van der Waals surface area contributed by atoms with Crippen molar-refractivity contribution < 1.29 is 27.2 Å². The quantitative estimate of drug-likeness (QED) is 0.537. The van der Waals surface area contributed by atoms with Crippen LogP contribution in [0.4, 0.5) is 13.2 Å². The van der Waals surface area contributed by atoms with Gasteiger partial charge in [0.2, 0.25) is 0 Å². The van der Waals surface area contributed by atoms with E-state index in [1.165, 1.54) is 30.3 Å². The molecule has 0 aliphatic heterocycles. The molecule has 136 valence electrons. The van der Waals surface area contributed by atoms with E-state index in [9.17, 15) is 22.8 Å². The molecular formula is C20H17F3O3. The minimum atomic E-state index is -4.44. The summed E-state index contributed by atoms with van der Waals surface area (Å²) in [5.41, 5.74) is -0.787. The summed E-state index contributed by atoms with van der Waals surface area (Å²) in [6, 6.07) is 7.83. The van der Waals surface area contributed by atoms with E-state index in [2.05, 4.69) is 0 Å². The summed E-state index contributed by atoms with van der Waals surface area (Å²) >= 11 is 0. The molecule has 1 aromatic carbocycles. The number of hydrogen-bond acceptors (Lipinski definition) is 3. The predicted molar refractivity (Wildman–Crippen MR) is 90.2 cm³/mol. The second kappa shape index (κ2) is 6.27. The summed E-state index contributed by atoms with van der Waals surface area (Å²) in [4.78, 5) is 24.4. The number of alkyl halides is 3. The van der Waals surface area contributed by atoms with Crippen molar-refractivity contribution in [2.45, 2.75) is 32.9 Å². The van der Waals surface area contributed by atoms with Crippen LogP contribution < -0.4 is 0 Å². The maximum absolute atomic E-state index is 12.8. The standard InChI is InChI=1S/C20H17F3O3/c1-19(2)10-16(24)15(17(25)11-19)9-14-6-7-18(26-14)12-4-3-5-13(8-12)20(21,22)23/h3-9H,10-11H2,1-2H3. The second-order valence-electron chi connectivity index (χ2n) is 7.20. The molecule has 0 bridgehead atoms. The Kier molecular flexibility index (Phi) is 4.38. The maximum atomic E-state index is 12.8. The Morgan fingerprint density at radius 1 is 1.04 bits per heavy atom. The number of furan rings is 1. The smallest absolute Gasteiger partial charge is 0.416 e. The minimum Gasteiger partial charge on any atom is -0.457 e. The lowest BCUT2D eigenvalue weighted by atomic mass is 9.74. The number of Topliss-reactive ketones (excluding diaryl/α,β-unsaturated/α-hetero) is 2. The Balaban J connectivity index is 1.89. The third kappa shape index (κ3) is 3.79. The van der Waals surface area contributed by atoms with Crippen LogP contribution in [0, 0.1) is 5.41 Å². The van der Waals surface area contributed by atoms with E-state index in [0.29, 0.717) is 0 Å². The fourth-order valence-electron chi connectivity index (χ4n) is 3.02. The van der Waals surface area contributed by atoms with Crippen molar-refractivity contribution in [3.8, 4) is 11.3 Å². The highest BCUT2D eigenvalue weighted by atomic mass is 19.4. The fourth-order valence-corrected chi connectivity index (χ4v) is 3.02. The molecule has 1 aliphatic rings. The molecule has 1 fully saturated rings. The van der Waals surface area contributed by atoms with E-state index >= 15 is 0 Å². The maximum Gasteiger partial charge on any atom is 0.416 e. The molecule has 0 radical (unpaired) electrons. The molecule has 3 nitrogen and oxygen atoms in total. The first kappa shape index (κ1) is 18.2. The number of carbonyl (C=O) groups excluding carboxylic acids is 2. The van der Waals surface area contributed by atoms with Crippen molar-refractivity contribution in [1.29, 1.82) is 0 Å². The van der Waals surface area contributed by atoms with Gasteiger partial charge in [-0.1, -0.05) is 26.0 Å². The number of ketones is 2. The highest BCUT2D eigenvalue weighted by Crippen LogP contribution is 2.35. The minimum absolute atomic E-state index is 0.0780. The lowest BCUT2D eigenvalue weighted by molar-refractivity contribution is -0.137. The van der Waals surface area contributed by atoms with Gasteiger partial charge in [-0.2, -0.15) is 13.2 Å². The fraction of sp³-hybridized carbons (Fsp3) is 0.300. The van der Waals surface area contributed by atoms with Crippen LogP contribution in [0.15, 0.2) is 46.4 Å². The van der Waals surface area contributed by atoms with Crippen molar-refractivity contribution in [3.63, 3.8) is 0 Å². The monoisotopic (exact) mass is 362 g/mol. The van der Waals surface area contributed by atoms with Crippen LogP contribution in [-0.4, -0.2) is 11.6 Å². The summed E-state index contributed by atoms with van der Waals surface area (Å²) < 4.78 is 44.0. The number of allylic oxidation sites excluding steroid dienone is 1. The van der Waals surface area contributed by atoms with Gasteiger partial charge in [-0.05, 0) is 35.8 Å². The van der Waals surface area contributed by atoms with Crippen LogP contribution >= 0.6 is 0 Å². The van der Waals surface area contributed by atoms with E-state index in [1.54, 1.807) is 0 Å². The number of halogens is 3. The first-order valence-electron chi connectivity index (χ1n) is 8.11. The SMILES string of the molecule is CC1(C)CC(=O)C(=Cc2ccc(-c3cccc(C(F)(F)F)c3)o2)C(=O)C1. The van der Waals surface area contributed by atoms with Gasteiger partial charge >= 0.3 is 6.18 Å². The van der Waals surface area contributed by atoms with E-state index < -0.39 is 11.7 Å². The van der Waals surface area contributed by atoms with Crippen molar-refractivity contribution in [2.75, 3.05) is 0 Å². The average Bonchev–Trinajstić information content (AvgIpc) is 2.98. The molecule has 3 rings (SSSR count). The highest BCUT2D eigenvalue weighted by Gasteiger charge is 2.35. The third-order valence-electron chi connectivity index (χ3n) is 4.27. The first-order chi connectivity index (χ1) is 12.0. The van der Waals surface area contributed by atoms with Crippen molar-refractivity contribution in [2.24, 2.45) is 5.41 Å². The van der Waals surface area contributed by atoms with Gasteiger partial charge in [-0.15, -0.1) is 0 Å². The van der Waals surface area contributed by atoms with E-state index in [4.69, 9.17) is 4.42 Å². The van der Waals surface area contributed by atoms with Crippen LogP contribution in [0.1, 0.15) is 38.0 Å². The number of benzene rings is 1. The summed E-state index contributed by atoms with van der Waals surface area (Å²) in [5, 5.41) is 0. The molecule has 6 heteroatoms. The largest absolute Gasteiger partial charge is 0.457 e. The van der Waals surface area contributed by atoms with Crippen molar-refractivity contribution in [3.05, 3.63) is 53.3 Å². The van der Waals surface area contributed by atoms with Gasteiger partial charge in [0.1, 0.15) is 11.5 Å². The van der Waals surface area contributed by atoms with Gasteiger partial charge in [-0.3, -0.25) is 9.59 Å². The Bertz CT molecular complexity index is 879. The molecule has 0 amide bonds. The van der Waals surface area contributed by atoms with Gasteiger partial charge in [0, 0.05) is 18.4 Å². The molecule has 1 aliphatic carbocycles. The lowest BCUT2D eigenvalue weighted by Gasteiger charge is -2.28. The Morgan fingerprint density at radius 3 is 2.31 bits per heavy atom. The Labute approximate surface area is 148 Å². The lowest BCUT2D eigenvalue weighted by Crippen LogP contribution is -2.31. The van der Waals surface area contributed by atoms with Gasteiger partial charge < -0.3 is 4.42 Å². The molecule has 0 N–H and O–H groups in total. The molecule has 1 saturated carbocycles. The topological polar surface area (TPSA) is 47.3 Å². The zero-order valence-electron chi connectivity index (χ0n) is 14.3. The normalized spacial score (nSPS) is 17.5. The molecular weight excluding hydrogens is 345 g/mol. The molecule has 0 atom stereocenters. The van der Waals surface area contributed by atoms with Crippen LogP contribution in [0.25, 0.3) is 17.4 Å². The van der Waals surface area contributed by atoms with Gasteiger partial charge in [0.25, 0.3) is 0 Å². The molecule has 26 heavy (non-hydrogen) atoms. The highest BCUT2D eigenvalue weighted by molar-refractivity contribution is 6.25. The van der Waals surface area contributed by atoms with Gasteiger partial charge in [0.05, 0.1) is 11.1 Å². The average molecular weight is 362 g/mol. The summed E-state index contributed by atoms with van der Waals surface area (Å²) in [5.74, 6) is -0.000609. The van der Waals surface area contributed by atoms with E-state index in [-0.39, 0.29) is 52.5 Å². The molecule has 0 unspecified atom stereocenters. The van der Waals surface area contributed by atoms with Gasteiger partial charge in [-0.25, -0.2) is 0 Å². The molecule has 0 spiro atoms. The Hall–Kier alpha value is -2.63. The van der Waals surface area contributed by atoms with Crippen LogP contribution in [0.3, 0.4) is 0 Å². The van der Waals surface area contributed by atoms with Crippen molar-refractivity contribution in [1.82, 2.24) is 0 Å². The second-order valence-corrected chi connectivity index (χ2v) is 7.20. The summed E-state index contributed by atoms with van der Waals surface area (Å²) in [6.45, 7) is 3.72. The molecule has 1 aromatic heterocycles. The number of carbonyl (C=O) groups is 2. The Morgan fingerprint density at radius 2 is 1.69 bits per heavy atom.